The first-order chi connectivity index (χ1) is 9.95. The van der Waals surface area contributed by atoms with E-state index in [0.29, 0.717) is 5.56 Å². The number of benzene rings is 1. The van der Waals surface area contributed by atoms with E-state index in [4.69, 9.17) is 4.74 Å². The summed E-state index contributed by atoms with van der Waals surface area (Å²) in [6, 6.07) is 7.19. The number of halogens is 3. The van der Waals surface area contributed by atoms with Gasteiger partial charge in [0.05, 0.1) is 13.2 Å². The molecule has 0 bridgehead atoms. The number of alkyl halides is 3. The van der Waals surface area contributed by atoms with Gasteiger partial charge in [-0.1, -0.05) is 24.3 Å². The topological polar surface area (TPSA) is 41.6 Å². The summed E-state index contributed by atoms with van der Waals surface area (Å²) in [5.41, 5.74) is 1.72. The third-order valence-electron chi connectivity index (χ3n) is 3.24. The summed E-state index contributed by atoms with van der Waals surface area (Å²) in [5, 5.41) is 1.85. The first-order valence-electron chi connectivity index (χ1n) is 6.68. The summed E-state index contributed by atoms with van der Waals surface area (Å²) in [4.78, 5) is 13.0. The van der Waals surface area contributed by atoms with Crippen molar-refractivity contribution in [3.63, 3.8) is 0 Å². The second-order valence-corrected chi connectivity index (χ2v) is 4.89. The quantitative estimate of drug-likeness (QED) is 0.920. The summed E-state index contributed by atoms with van der Waals surface area (Å²) < 4.78 is 41.4. The molecular formula is C14H17F3N2O2. The molecule has 21 heavy (non-hydrogen) atoms. The van der Waals surface area contributed by atoms with Crippen LogP contribution in [0, 0.1) is 0 Å². The van der Waals surface area contributed by atoms with Crippen LogP contribution in [0.5, 0.6) is 0 Å². The number of hydrogen-bond donors (Lipinski definition) is 1. The monoisotopic (exact) mass is 302 g/mol. The lowest BCUT2D eigenvalue weighted by Gasteiger charge is -2.26. The molecule has 0 radical (unpaired) electrons. The first kappa shape index (κ1) is 15.8. The maximum absolute atomic E-state index is 12.0. The predicted octanol–water partition coefficient (Wildman–Crippen LogP) is 1.70. The van der Waals surface area contributed by atoms with Crippen molar-refractivity contribution in [2.24, 2.45) is 0 Å². The fourth-order valence-electron chi connectivity index (χ4n) is 2.06. The van der Waals surface area contributed by atoms with Crippen LogP contribution in [0.15, 0.2) is 24.3 Å². The minimum atomic E-state index is -4.84. The standard InChI is InChI=1S/C14H17F3N2O2/c15-14(16,17)13(20)18-9-11-1-3-12(4-2-11)10-19-5-7-21-8-6-19/h1-4H,5-10H2,(H,18,20). The van der Waals surface area contributed by atoms with E-state index >= 15 is 0 Å². The number of morpholine rings is 1. The molecular weight excluding hydrogens is 285 g/mol. The third-order valence-corrected chi connectivity index (χ3v) is 3.24. The number of nitrogens with one attached hydrogen (secondary N) is 1. The summed E-state index contributed by atoms with van der Waals surface area (Å²) in [7, 11) is 0. The van der Waals surface area contributed by atoms with Crippen LogP contribution in [0.1, 0.15) is 11.1 Å². The molecule has 116 valence electrons. The lowest BCUT2D eigenvalue weighted by molar-refractivity contribution is -0.173. The fraction of sp³-hybridized carbons (Fsp3) is 0.500. The van der Waals surface area contributed by atoms with Crippen LogP contribution in [0.25, 0.3) is 0 Å². The molecule has 0 spiro atoms. The van der Waals surface area contributed by atoms with Gasteiger partial charge in [-0.25, -0.2) is 0 Å². The van der Waals surface area contributed by atoms with Gasteiger partial charge < -0.3 is 10.1 Å². The predicted molar refractivity (Wildman–Crippen MR) is 70.4 cm³/mol. The average Bonchev–Trinajstić information content (AvgIpc) is 2.46. The number of hydrogen-bond acceptors (Lipinski definition) is 3. The van der Waals surface area contributed by atoms with E-state index in [1.165, 1.54) is 0 Å². The summed E-state index contributed by atoms with van der Waals surface area (Å²) in [5.74, 6) is -1.92. The molecule has 1 saturated heterocycles. The zero-order valence-corrected chi connectivity index (χ0v) is 11.4. The molecule has 4 nitrogen and oxygen atoms in total. The lowest BCUT2D eigenvalue weighted by atomic mass is 10.1. The maximum atomic E-state index is 12.0. The summed E-state index contributed by atoms with van der Waals surface area (Å²) in [6.07, 6.45) is -4.84. The average molecular weight is 302 g/mol. The molecule has 1 aromatic carbocycles. The Hall–Kier alpha value is -1.60. The zero-order valence-electron chi connectivity index (χ0n) is 11.4. The van der Waals surface area contributed by atoms with Gasteiger partial charge in [-0.15, -0.1) is 0 Å². The molecule has 7 heteroatoms. The third kappa shape index (κ3) is 5.02. The molecule has 1 heterocycles. The van der Waals surface area contributed by atoms with Crippen LogP contribution in [0.3, 0.4) is 0 Å². The number of nitrogens with zero attached hydrogens (tertiary/aromatic N) is 1. The van der Waals surface area contributed by atoms with Crippen molar-refractivity contribution in [2.45, 2.75) is 19.3 Å². The Labute approximate surface area is 120 Å². The molecule has 2 rings (SSSR count). The Morgan fingerprint density at radius 2 is 1.71 bits per heavy atom. The molecule has 0 aliphatic carbocycles. The molecule has 1 N–H and O–H groups in total. The molecule has 1 aromatic rings. The van der Waals surface area contributed by atoms with Gasteiger partial charge in [0.1, 0.15) is 0 Å². The highest BCUT2D eigenvalue weighted by Crippen LogP contribution is 2.15. The summed E-state index contributed by atoms with van der Waals surface area (Å²) >= 11 is 0. The molecule has 1 aliphatic rings. The number of amides is 1. The van der Waals surface area contributed by atoms with Crippen molar-refractivity contribution in [3.8, 4) is 0 Å². The van der Waals surface area contributed by atoms with Gasteiger partial charge in [-0.3, -0.25) is 9.69 Å². The van der Waals surface area contributed by atoms with Gasteiger partial charge in [0, 0.05) is 26.2 Å². The Morgan fingerprint density at radius 1 is 1.14 bits per heavy atom. The van der Waals surface area contributed by atoms with E-state index < -0.39 is 12.1 Å². The second kappa shape index (κ2) is 6.91. The van der Waals surface area contributed by atoms with E-state index in [2.05, 4.69) is 4.90 Å². The van der Waals surface area contributed by atoms with Crippen molar-refractivity contribution in [3.05, 3.63) is 35.4 Å². The van der Waals surface area contributed by atoms with Crippen molar-refractivity contribution in [2.75, 3.05) is 26.3 Å². The molecule has 0 unspecified atom stereocenters. The van der Waals surface area contributed by atoms with Crippen molar-refractivity contribution in [1.82, 2.24) is 10.2 Å². The van der Waals surface area contributed by atoms with E-state index in [1.54, 1.807) is 12.1 Å². The Bertz CT molecular complexity index is 468. The van der Waals surface area contributed by atoms with Crippen molar-refractivity contribution >= 4 is 5.91 Å². The van der Waals surface area contributed by atoms with Crippen molar-refractivity contribution < 1.29 is 22.7 Å². The molecule has 1 aliphatic heterocycles. The first-order valence-corrected chi connectivity index (χ1v) is 6.68. The largest absolute Gasteiger partial charge is 0.471 e. The zero-order chi connectivity index (χ0) is 15.3. The highest BCUT2D eigenvalue weighted by molar-refractivity contribution is 5.81. The molecule has 1 fully saturated rings. The second-order valence-electron chi connectivity index (χ2n) is 4.89. The maximum Gasteiger partial charge on any atom is 0.471 e. The van der Waals surface area contributed by atoms with Crippen molar-refractivity contribution in [1.29, 1.82) is 0 Å². The number of carbonyl (C=O) groups is 1. The van der Waals surface area contributed by atoms with Gasteiger partial charge in [0.2, 0.25) is 0 Å². The number of carbonyl (C=O) groups excluding carboxylic acids is 1. The minimum Gasteiger partial charge on any atom is -0.379 e. The highest BCUT2D eigenvalue weighted by atomic mass is 19.4. The van der Waals surface area contributed by atoms with Gasteiger partial charge in [-0.2, -0.15) is 13.2 Å². The molecule has 1 amide bonds. The smallest absolute Gasteiger partial charge is 0.379 e. The number of rotatable bonds is 4. The molecule has 0 saturated carbocycles. The van der Waals surface area contributed by atoms with Crippen LogP contribution in [0.4, 0.5) is 13.2 Å². The van der Waals surface area contributed by atoms with E-state index in [0.717, 1.165) is 38.4 Å². The van der Waals surface area contributed by atoms with Gasteiger partial charge in [-0.05, 0) is 11.1 Å². The van der Waals surface area contributed by atoms with Crippen LogP contribution in [0.2, 0.25) is 0 Å². The van der Waals surface area contributed by atoms with Crippen LogP contribution in [-0.2, 0) is 22.6 Å². The molecule has 0 atom stereocenters. The van der Waals surface area contributed by atoms with Gasteiger partial charge in [0.25, 0.3) is 0 Å². The van der Waals surface area contributed by atoms with Gasteiger partial charge in [0.15, 0.2) is 0 Å². The normalized spacial score (nSPS) is 16.7. The Morgan fingerprint density at radius 3 is 2.29 bits per heavy atom. The SMILES string of the molecule is O=C(NCc1ccc(CN2CCOCC2)cc1)C(F)(F)F. The lowest BCUT2D eigenvalue weighted by Crippen LogP contribution is -2.36. The Kier molecular flexibility index (Phi) is 5.19. The van der Waals surface area contributed by atoms with Crippen LogP contribution >= 0.6 is 0 Å². The van der Waals surface area contributed by atoms with E-state index in [1.807, 2.05) is 17.4 Å². The van der Waals surface area contributed by atoms with Crippen LogP contribution < -0.4 is 5.32 Å². The molecule has 0 aromatic heterocycles. The minimum absolute atomic E-state index is 0.129. The van der Waals surface area contributed by atoms with E-state index in [9.17, 15) is 18.0 Å². The van der Waals surface area contributed by atoms with Crippen LogP contribution in [-0.4, -0.2) is 43.3 Å². The van der Waals surface area contributed by atoms with Gasteiger partial charge >= 0.3 is 12.1 Å². The Balaban J connectivity index is 1.82. The van der Waals surface area contributed by atoms with E-state index in [-0.39, 0.29) is 6.54 Å². The number of ether oxygens (including phenoxy) is 1. The highest BCUT2D eigenvalue weighted by Gasteiger charge is 2.38. The summed E-state index contributed by atoms with van der Waals surface area (Å²) in [6.45, 7) is 3.87. The fourth-order valence-corrected chi connectivity index (χ4v) is 2.06.